The molecule has 1 aliphatic carbocycles. The lowest BCUT2D eigenvalue weighted by Crippen LogP contribution is -2.23. The van der Waals surface area contributed by atoms with Crippen molar-refractivity contribution in [2.24, 2.45) is 5.92 Å². The topological polar surface area (TPSA) is 57.5 Å². The SMILES string of the molecule is C[C@@H]1CC=C(C(=O)O)C[C@H]1O. The zero-order valence-electron chi connectivity index (χ0n) is 6.45. The lowest BCUT2D eigenvalue weighted by molar-refractivity contribution is -0.133. The standard InChI is InChI=1S/C8H12O3/c1-5-2-3-6(8(10)11)4-7(5)9/h3,5,7,9H,2,4H2,1H3,(H,10,11)/t5-,7-/m1/s1. The fourth-order valence-electron chi connectivity index (χ4n) is 1.17. The van der Waals surface area contributed by atoms with Gasteiger partial charge in [-0.05, 0) is 12.3 Å². The van der Waals surface area contributed by atoms with Gasteiger partial charge in [0.2, 0.25) is 0 Å². The maximum atomic E-state index is 10.4. The molecule has 0 saturated carbocycles. The maximum Gasteiger partial charge on any atom is 0.331 e. The van der Waals surface area contributed by atoms with Gasteiger partial charge in [0.1, 0.15) is 0 Å². The quantitative estimate of drug-likeness (QED) is 0.590. The lowest BCUT2D eigenvalue weighted by atomic mass is 9.88. The van der Waals surface area contributed by atoms with E-state index in [9.17, 15) is 9.90 Å². The molecule has 0 heterocycles. The average Bonchev–Trinajstić information content (AvgIpc) is 1.94. The van der Waals surface area contributed by atoms with Crippen molar-refractivity contribution >= 4 is 5.97 Å². The first kappa shape index (κ1) is 8.27. The fourth-order valence-corrected chi connectivity index (χ4v) is 1.17. The first-order valence-electron chi connectivity index (χ1n) is 3.71. The number of carboxylic acid groups (broad SMARTS) is 1. The van der Waals surface area contributed by atoms with Crippen LogP contribution in [-0.4, -0.2) is 22.3 Å². The number of rotatable bonds is 1. The predicted octanol–water partition coefficient (Wildman–Crippen LogP) is 0.788. The molecule has 1 aliphatic rings. The van der Waals surface area contributed by atoms with Crippen LogP contribution in [0.1, 0.15) is 19.8 Å². The molecule has 0 spiro atoms. The van der Waals surface area contributed by atoms with Crippen molar-refractivity contribution in [1.82, 2.24) is 0 Å². The number of aliphatic hydroxyl groups is 1. The molecule has 0 amide bonds. The molecule has 0 aromatic heterocycles. The summed E-state index contributed by atoms with van der Waals surface area (Å²) in [4.78, 5) is 10.4. The van der Waals surface area contributed by atoms with Gasteiger partial charge in [0, 0.05) is 12.0 Å². The van der Waals surface area contributed by atoms with Crippen molar-refractivity contribution < 1.29 is 15.0 Å². The second-order valence-electron chi connectivity index (χ2n) is 3.02. The Labute approximate surface area is 65.3 Å². The molecule has 2 N–H and O–H groups in total. The van der Waals surface area contributed by atoms with Crippen LogP contribution in [0.25, 0.3) is 0 Å². The summed E-state index contributed by atoms with van der Waals surface area (Å²) in [7, 11) is 0. The first-order chi connectivity index (χ1) is 5.11. The molecule has 0 radical (unpaired) electrons. The Hall–Kier alpha value is -0.830. The number of aliphatic hydroxyl groups excluding tert-OH is 1. The zero-order chi connectivity index (χ0) is 8.43. The molecule has 0 aliphatic heterocycles. The molecule has 0 unspecified atom stereocenters. The highest BCUT2D eigenvalue weighted by molar-refractivity contribution is 5.86. The van der Waals surface area contributed by atoms with Gasteiger partial charge in [0.15, 0.2) is 0 Å². The van der Waals surface area contributed by atoms with Crippen LogP contribution < -0.4 is 0 Å². The summed E-state index contributed by atoms with van der Waals surface area (Å²) < 4.78 is 0. The molecule has 0 bridgehead atoms. The highest BCUT2D eigenvalue weighted by atomic mass is 16.4. The Morgan fingerprint density at radius 3 is 2.82 bits per heavy atom. The molecule has 0 aromatic rings. The van der Waals surface area contributed by atoms with Gasteiger partial charge in [-0.1, -0.05) is 13.0 Å². The van der Waals surface area contributed by atoms with Crippen molar-refractivity contribution in [1.29, 1.82) is 0 Å². The van der Waals surface area contributed by atoms with Crippen LogP contribution in [0.3, 0.4) is 0 Å². The van der Waals surface area contributed by atoms with Crippen LogP contribution in [0.15, 0.2) is 11.6 Å². The molecule has 3 heteroatoms. The minimum Gasteiger partial charge on any atom is -0.478 e. The average molecular weight is 156 g/mol. The van der Waals surface area contributed by atoms with E-state index in [-0.39, 0.29) is 12.3 Å². The summed E-state index contributed by atoms with van der Waals surface area (Å²) in [5.41, 5.74) is 0.343. The number of aliphatic carboxylic acids is 1. The molecule has 1 rings (SSSR count). The van der Waals surface area contributed by atoms with E-state index in [1.807, 2.05) is 6.92 Å². The normalized spacial score (nSPS) is 31.3. The molecule has 0 fully saturated rings. The number of allylic oxidation sites excluding steroid dienone is 1. The second kappa shape index (κ2) is 3.05. The van der Waals surface area contributed by atoms with E-state index in [0.29, 0.717) is 12.0 Å². The van der Waals surface area contributed by atoms with E-state index < -0.39 is 12.1 Å². The van der Waals surface area contributed by atoms with Crippen LogP contribution in [0, 0.1) is 5.92 Å². The van der Waals surface area contributed by atoms with Gasteiger partial charge in [-0.3, -0.25) is 0 Å². The molecule has 0 saturated heterocycles. The number of hydrogen-bond donors (Lipinski definition) is 2. The third-order valence-corrected chi connectivity index (χ3v) is 2.10. The summed E-state index contributed by atoms with van der Waals surface area (Å²) in [6.45, 7) is 1.92. The summed E-state index contributed by atoms with van der Waals surface area (Å²) in [6, 6.07) is 0. The molecule has 0 aromatic carbocycles. The molecular formula is C8H12O3. The third kappa shape index (κ3) is 1.80. The summed E-state index contributed by atoms with van der Waals surface area (Å²) in [5.74, 6) is -0.714. The molecule has 11 heavy (non-hydrogen) atoms. The van der Waals surface area contributed by atoms with Crippen molar-refractivity contribution in [2.75, 3.05) is 0 Å². The van der Waals surface area contributed by atoms with Gasteiger partial charge in [-0.2, -0.15) is 0 Å². The van der Waals surface area contributed by atoms with Crippen LogP contribution in [-0.2, 0) is 4.79 Å². The van der Waals surface area contributed by atoms with E-state index >= 15 is 0 Å². The van der Waals surface area contributed by atoms with Crippen LogP contribution in [0.4, 0.5) is 0 Å². The number of carbonyl (C=O) groups is 1. The summed E-state index contributed by atoms with van der Waals surface area (Å²) in [5, 5.41) is 17.9. The first-order valence-corrected chi connectivity index (χ1v) is 3.71. The van der Waals surface area contributed by atoms with Crippen molar-refractivity contribution in [2.45, 2.75) is 25.9 Å². The van der Waals surface area contributed by atoms with Gasteiger partial charge in [-0.25, -0.2) is 4.79 Å². The lowest BCUT2D eigenvalue weighted by Gasteiger charge is -2.22. The van der Waals surface area contributed by atoms with Gasteiger partial charge < -0.3 is 10.2 Å². The third-order valence-electron chi connectivity index (χ3n) is 2.10. The monoisotopic (exact) mass is 156 g/mol. The van der Waals surface area contributed by atoms with E-state index in [2.05, 4.69) is 0 Å². The van der Waals surface area contributed by atoms with E-state index in [4.69, 9.17) is 5.11 Å². The zero-order valence-corrected chi connectivity index (χ0v) is 6.45. The highest BCUT2D eigenvalue weighted by Crippen LogP contribution is 2.23. The molecule has 62 valence electrons. The summed E-state index contributed by atoms with van der Waals surface area (Å²) >= 11 is 0. The number of hydrogen-bond acceptors (Lipinski definition) is 2. The van der Waals surface area contributed by atoms with Gasteiger partial charge in [0.05, 0.1) is 6.10 Å². The van der Waals surface area contributed by atoms with Crippen molar-refractivity contribution in [3.05, 3.63) is 11.6 Å². The smallest absolute Gasteiger partial charge is 0.331 e. The molecule has 3 nitrogen and oxygen atoms in total. The Morgan fingerprint density at radius 1 is 1.73 bits per heavy atom. The molecule has 2 atom stereocenters. The van der Waals surface area contributed by atoms with Crippen LogP contribution >= 0.6 is 0 Å². The largest absolute Gasteiger partial charge is 0.478 e. The predicted molar refractivity (Wildman–Crippen MR) is 40.1 cm³/mol. The van der Waals surface area contributed by atoms with Gasteiger partial charge in [0.25, 0.3) is 0 Å². The van der Waals surface area contributed by atoms with Gasteiger partial charge in [-0.15, -0.1) is 0 Å². The Balaban J connectivity index is 2.66. The Kier molecular flexibility index (Phi) is 2.29. The Bertz CT molecular complexity index is 196. The van der Waals surface area contributed by atoms with Gasteiger partial charge >= 0.3 is 5.97 Å². The Morgan fingerprint density at radius 2 is 2.36 bits per heavy atom. The summed E-state index contributed by atoms with van der Waals surface area (Å²) in [6.07, 6.45) is 2.17. The van der Waals surface area contributed by atoms with E-state index in [1.54, 1.807) is 6.08 Å². The van der Waals surface area contributed by atoms with E-state index in [1.165, 1.54) is 0 Å². The minimum atomic E-state index is -0.907. The minimum absolute atomic E-state index is 0.193. The van der Waals surface area contributed by atoms with Crippen molar-refractivity contribution in [3.8, 4) is 0 Å². The number of carboxylic acids is 1. The van der Waals surface area contributed by atoms with Crippen LogP contribution in [0.2, 0.25) is 0 Å². The van der Waals surface area contributed by atoms with Crippen LogP contribution in [0.5, 0.6) is 0 Å². The van der Waals surface area contributed by atoms with Crippen molar-refractivity contribution in [3.63, 3.8) is 0 Å². The fraction of sp³-hybridized carbons (Fsp3) is 0.625. The maximum absolute atomic E-state index is 10.4. The highest BCUT2D eigenvalue weighted by Gasteiger charge is 2.22. The second-order valence-corrected chi connectivity index (χ2v) is 3.02. The van der Waals surface area contributed by atoms with E-state index in [0.717, 1.165) is 0 Å². The molecular weight excluding hydrogens is 144 g/mol.